The second-order valence-corrected chi connectivity index (χ2v) is 5.43. The van der Waals surface area contributed by atoms with Crippen LogP contribution >= 0.6 is 15.9 Å². The number of methoxy groups -OCH3 is 1. The summed E-state index contributed by atoms with van der Waals surface area (Å²) in [5, 5.41) is 3.47. The lowest BCUT2D eigenvalue weighted by Crippen LogP contribution is -2.07. The first-order chi connectivity index (χ1) is 9.01. The first kappa shape index (κ1) is 14.0. The Balaban J connectivity index is 2.23. The smallest absolute Gasteiger partial charge is 0.121 e. The van der Waals surface area contributed by atoms with Crippen molar-refractivity contribution in [3.05, 3.63) is 45.8 Å². The first-order valence-corrected chi connectivity index (χ1v) is 6.97. The van der Waals surface area contributed by atoms with Crippen LogP contribution in [0.1, 0.15) is 30.0 Å². The van der Waals surface area contributed by atoms with Crippen molar-refractivity contribution in [3.8, 4) is 5.75 Å². The molecule has 0 fully saturated rings. The minimum Gasteiger partial charge on any atom is -0.497 e. The fraction of sp³-hybridized carbons (Fsp3) is 0.333. The van der Waals surface area contributed by atoms with Crippen LogP contribution < -0.4 is 10.1 Å². The molecule has 4 heteroatoms. The van der Waals surface area contributed by atoms with Gasteiger partial charge in [0.05, 0.1) is 18.8 Å². The van der Waals surface area contributed by atoms with E-state index in [9.17, 15) is 0 Å². The number of benzene rings is 1. The van der Waals surface area contributed by atoms with Crippen LogP contribution in [0.25, 0.3) is 0 Å². The summed E-state index contributed by atoms with van der Waals surface area (Å²) in [6.45, 7) is 6.06. The Kier molecular flexibility index (Phi) is 4.20. The zero-order valence-electron chi connectivity index (χ0n) is 11.6. The maximum Gasteiger partial charge on any atom is 0.121 e. The molecular formula is C15H18BrNO2. The molecule has 0 aliphatic carbocycles. The van der Waals surface area contributed by atoms with E-state index >= 15 is 0 Å². The van der Waals surface area contributed by atoms with Crippen LogP contribution in [0, 0.1) is 13.8 Å². The highest BCUT2D eigenvalue weighted by molar-refractivity contribution is 9.10. The lowest BCUT2D eigenvalue weighted by Gasteiger charge is -2.16. The van der Waals surface area contributed by atoms with Crippen LogP contribution in [-0.4, -0.2) is 7.11 Å². The van der Waals surface area contributed by atoms with E-state index in [-0.39, 0.29) is 6.04 Å². The molecule has 3 nitrogen and oxygen atoms in total. The number of furan rings is 1. The van der Waals surface area contributed by atoms with Crippen LogP contribution in [0.4, 0.5) is 5.69 Å². The molecule has 2 rings (SSSR count). The van der Waals surface area contributed by atoms with Crippen molar-refractivity contribution in [2.45, 2.75) is 26.8 Å². The van der Waals surface area contributed by atoms with Gasteiger partial charge in [0.1, 0.15) is 17.3 Å². The number of nitrogens with one attached hydrogen (secondary N) is 1. The Hall–Kier alpha value is -1.42. The average Bonchev–Trinajstić information content (AvgIpc) is 2.71. The summed E-state index contributed by atoms with van der Waals surface area (Å²) in [6.07, 6.45) is 0. The third kappa shape index (κ3) is 3.13. The third-order valence-electron chi connectivity index (χ3n) is 3.09. The maximum atomic E-state index is 5.57. The Labute approximate surface area is 122 Å². The number of rotatable bonds is 4. The molecular weight excluding hydrogens is 306 g/mol. The fourth-order valence-electron chi connectivity index (χ4n) is 2.13. The topological polar surface area (TPSA) is 34.4 Å². The van der Waals surface area contributed by atoms with Crippen molar-refractivity contribution < 1.29 is 9.15 Å². The molecule has 0 aliphatic heterocycles. The number of halogens is 1. The Morgan fingerprint density at radius 1 is 1.26 bits per heavy atom. The number of hydrogen-bond acceptors (Lipinski definition) is 3. The SMILES string of the molecule is COc1ccc(Br)c(NC(C)c2cc(C)oc2C)c1. The van der Waals surface area contributed by atoms with E-state index in [1.54, 1.807) is 7.11 Å². The highest BCUT2D eigenvalue weighted by Gasteiger charge is 2.14. The molecule has 0 amide bonds. The molecule has 0 saturated carbocycles. The van der Waals surface area contributed by atoms with Crippen LogP contribution in [0.5, 0.6) is 5.75 Å². The van der Waals surface area contributed by atoms with Gasteiger partial charge in [-0.3, -0.25) is 0 Å². The summed E-state index contributed by atoms with van der Waals surface area (Å²) in [4.78, 5) is 0. The monoisotopic (exact) mass is 323 g/mol. The summed E-state index contributed by atoms with van der Waals surface area (Å²) in [7, 11) is 1.67. The lowest BCUT2D eigenvalue weighted by atomic mass is 10.1. The molecule has 0 spiro atoms. The molecule has 0 radical (unpaired) electrons. The molecule has 1 atom stereocenters. The van der Waals surface area contributed by atoms with E-state index < -0.39 is 0 Å². The van der Waals surface area contributed by atoms with Crippen LogP contribution in [-0.2, 0) is 0 Å². The summed E-state index contributed by atoms with van der Waals surface area (Å²) in [5.41, 5.74) is 2.18. The number of ether oxygens (including phenoxy) is 1. The van der Waals surface area contributed by atoms with Crippen LogP contribution in [0.3, 0.4) is 0 Å². The molecule has 1 aromatic carbocycles. The van der Waals surface area contributed by atoms with E-state index in [4.69, 9.17) is 9.15 Å². The second kappa shape index (κ2) is 5.70. The Morgan fingerprint density at radius 3 is 2.58 bits per heavy atom. The van der Waals surface area contributed by atoms with Crippen molar-refractivity contribution in [2.75, 3.05) is 12.4 Å². The second-order valence-electron chi connectivity index (χ2n) is 4.58. The van der Waals surface area contributed by atoms with Crippen molar-refractivity contribution in [1.82, 2.24) is 0 Å². The van der Waals surface area contributed by atoms with E-state index in [2.05, 4.69) is 34.2 Å². The zero-order chi connectivity index (χ0) is 14.0. The van der Waals surface area contributed by atoms with Gasteiger partial charge in [-0.05, 0) is 54.9 Å². The summed E-state index contributed by atoms with van der Waals surface area (Å²) >= 11 is 3.54. The Bertz CT molecular complexity index is 578. The minimum absolute atomic E-state index is 0.167. The fourth-order valence-corrected chi connectivity index (χ4v) is 2.49. The molecule has 0 aliphatic rings. The quantitative estimate of drug-likeness (QED) is 0.874. The van der Waals surface area contributed by atoms with Gasteiger partial charge in [0.25, 0.3) is 0 Å². The van der Waals surface area contributed by atoms with Crippen molar-refractivity contribution >= 4 is 21.6 Å². The van der Waals surface area contributed by atoms with Gasteiger partial charge in [0, 0.05) is 16.1 Å². The predicted octanol–water partition coefficient (Wildman–Crippen LogP) is 4.84. The van der Waals surface area contributed by atoms with Gasteiger partial charge >= 0.3 is 0 Å². The van der Waals surface area contributed by atoms with E-state index in [1.807, 2.05) is 32.0 Å². The van der Waals surface area contributed by atoms with Crippen molar-refractivity contribution in [1.29, 1.82) is 0 Å². The highest BCUT2D eigenvalue weighted by Crippen LogP contribution is 2.31. The van der Waals surface area contributed by atoms with E-state index in [0.29, 0.717) is 0 Å². The standard InChI is InChI=1S/C15H18BrNO2/c1-9-7-13(11(3)19-9)10(2)17-15-8-12(18-4)5-6-14(15)16/h5-8,10,17H,1-4H3. The zero-order valence-corrected chi connectivity index (χ0v) is 13.2. The van der Waals surface area contributed by atoms with Gasteiger partial charge in [-0.2, -0.15) is 0 Å². The highest BCUT2D eigenvalue weighted by atomic mass is 79.9. The Morgan fingerprint density at radius 2 is 2.00 bits per heavy atom. The molecule has 1 N–H and O–H groups in total. The molecule has 0 saturated heterocycles. The van der Waals surface area contributed by atoms with Gasteiger partial charge in [-0.15, -0.1) is 0 Å². The maximum absolute atomic E-state index is 5.57. The van der Waals surface area contributed by atoms with Gasteiger partial charge < -0.3 is 14.5 Å². The van der Waals surface area contributed by atoms with E-state index in [1.165, 1.54) is 5.56 Å². The molecule has 102 valence electrons. The van der Waals surface area contributed by atoms with Gasteiger partial charge in [0.15, 0.2) is 0 Å². The molecule has 19 heavy (non-hydrogen) atoms. The molecule has 2 aromatic rings. The summed E-state index contributed by atoms with van der Waals surface area (Å²) < 4.78 is 11.8. The van der Waals surface area contributed by atoms with Gasteiger partial charge in [0.2, 0.25) is 0 Å². The molecule has 1 aromatic heterocycles. The molecule has 1 heterocycles. The van der Waals surface area contributed by atoms with Gasteiger partial charge in [-0.1, -0.05) is 0 Å². The average molecular weight is 324 g/mol. The van der Waals surface area contributed by atoms with Crippen molar-refractivity contribution in [2.24, 2.45) is 0 Å². The summed E-state index contributed by atoms with van der Waals surface area (Å²) in [6, 6.07) is 8.11. The van der Waals surface area contributed by atoms with Gasteiger partial charge in [-0.25, -0.2) is 0 Å². The third-order valence-corrected chi connectivity index (χ3v) is 3.78. The molecule has 1 unspecified atom stereocenters. The van der Waals surface area contributed by atoms with Crippen LogP contribution in [0.15, 0.2) is 33.2 Å². The lowest BCUT2D eigenvalue weighted by molar-refractivity contribution is 0.415. The normalized spacial score (nSPS) is 12.3. The van der Waals surface area contributed by atoms with E-state index in [0.717, 1.165) is 27.4 Å². The minimum atomic E-state index is 0.167. The first-order valence-electron chi connectivity index (χ1n) is 6.18. The number of aryl methyl sites for hydroxylation is 2. The summed E-state index contributed by atoms with van der Waals surface area (Å²) in [5.74, 6) is 2.72. The number of hydrogen-bond donors (Lipinski definition) is 1. The van der Waals surface area contributed by atoms with Crippen molar-refractivity contribution in [3.63, 3.8) is 0 Å². The molecule has 0 bridgehead atoms. The number of anilines is 1. The largest absolute Gasteiger partial charge is 0.497 e. The predicted molar refractivity (Wildman–Crippen MR) is 80.9 cm³/mol. The van der Waals surface area contributed by atoms with Crippen LogP contribution in [0.2, 0.25) is 0 Å².